The van der Waals surface area contributed by atoms with Gasteiger partial charge in [-0.15, -0.1) is 0 Å². The summed E-state index contributed by atoms with van der Waals surface area (Å²) in [6.07, 6.45) is 3.30. The summed E-state index contributed by atoms with van der Waals surface area (Å²) in [5, 5.41) is 10.5. The first-order valence-electron chi connectivity index (χ1n) is 4.94. The Morgan fingerprint density at radius 3 is 2.87 bits per heavy atom. The quantitative estimate of drug-likeness (QED) is 0.585. The molecular formula is C12H16N2O. The van der Waals surface area contributed by atoms with Gasteiger partial charge in [-0.1, -0.05) is 18.2 Å². The van der Waals surface area contributed by atoms with E-state index in [2.05, 4.69) is 5.32 Å². The second kappa shape index (κ2) is 5.86. The number of hydrogen-bond donors (Lipinski definition) is 2. The van der Waals surface area contributed by atoms with Crippen LogP contribution < -0.4 is 5.32 Å². The van der Waals surface area contributed by atoms with Gasteiger partial charge in [0.2, 0.25) is 5.90 Å². The molecule has 0 aliphatic carbocycles. The normalized spacial score (nSPS) is 10.3. The summed E-state index contributed by atoms with van der Waals surface area (Å²) in [6, 6.07) is 7.98. The molecule has 1 aromatic rings. The van der Waals surface area contributed by atoms with Gasteiger partial charge < -0.3 is 10.1 Å². The van der Waals surface area contributed by atoms with Crippen molar-refractivity contribution in [2.45, 2.75) is 13.8 Å². The number of nitrogens with one attached hydrogen (secondary N) is 2. The van der Waals surface area contributed by atoms with Crippen LogP contribution in [0.4, 0.5) is 5.69 Å². The van der Waals surface area contributed by atoms with Crippen LogP contribution in [0.5, 0.6) is 0 Å². The highest BCUT2D eigenvalue weighted by molar-refractivity contribution is 5.85. The van der Waals surface area contributed by atoms with Gasteiger partial charge in [-0.25, -0.2) is 0 Å². The fourth-order valence-electron chi connectivity index (χ4n) is 1.15. The fraction of sp³-hybridized carbons (Fsp3) is 0.250. The summed E-state index contributed by atoms with van der Waals surface area (Å²) in [5.41, 5.74) is 2.21. The molecule has 1 rings (SSSR count). The van der Waals surface area contributed by atoms with Gasteiger partial charge in [0, 0.05) is 18.0 Å². The van der Waals surface area contributed by atoms with Crippen molar-refractivity contribution in [3.8, 4) is 0 Å². The Balaban J connectivity index is 2.50. The lowest BCUT2D eigenvalue weighted by molar-refractivity contribution is 0.327. The molecule has 0 aliphatic rings. The summed E-state index contributed by atoms with van der Waals surface area (Å²) in [5.74, 6) is 0.165. The molecule has 0 aromatic heterocycles. The van der Waals surface area contributed by atoms with Crippen LogP contribution in [0.25, 0.3) is 0 Å². The first-order chi connectivity index (χ1) is 7.24. The number of aryl methyl sites for hydroxylation is 1. The average Bonchev–Trinajstić information content (AvgIpc) is 2.21. The minimum atomic E-state index is 0.165. The molecule has 80 valence electrons. The van der Waals surface area contributed by atoms with Crippen LogP contribution in [-0.2, 0) is 4.74 Å². The number of rotatable bonds is 4. The Morgan fingerprint density at radius 2 is 2.20 bits per heavy atom. The molecule has 3 nitrogen and oxygen atoms in total. The Labute approximate surface area is 90.3 Å². The summed E-state index contributed by atoms with van der Waals surface area (Å²) < 4.78 is 4.97. The molecule has 0 saturated heterocycles. The van der Waals surface area contributed by atoms with Crippen molar-refractivity contribution >= 4 is 11.6 Å². The largest absolute Gasteiger partial charge is 0.478 e. The van der Waals surface area contributed by atoms with Crippen LogP contribution in [0.2, 0.25) is 0 Å². The molecule has 0 atom stereocenters. The van der Waals surface area contributed by atoms with Crippen LogP contribution in [0, 0.1) is 12.3 Å². The zero-order valence-corrected chi connectivity index (χ0v) is 9.08. The van der Waals surface area contributed by atoms with Crippen LogP contribution in [-0.4, -0.2) is 12.5 Å². The van der Waals surface area contributed by atoms with Gasteiger partial charge in [0.1, 0.15) is 0 Å². The predicted molar refractivity (Wildman–Crippen MR) is 63.3 cm³/mol. The third-order valence-electron chi connectivity index (χ3n) is 1.92. The zero-order valence-electron chi connectivity index (χ0n) is 9.08. The third-order valence-corrected chi connectivity index (χ3v) is 1.92. The highest BCUT2D eigenvalue weighted by Gasteiger charge is 1.92. The topological polar surface area (TPSA) is 45.1 Å². The van der Waals surface area contributed by atoms with Gasteiger partial charge in [0.25, 0.3) is 0 Å². The Bertz CT molecular complexity index is 358. The van der Waals surface area contributed by atoms with Gasteiger partial charge in [-0.05, 0) is 25.5 Å². The fourth-order valence-corrected chi connectivity index (χ4v) is 1.15. The molecule has 3 heteroatoms. The molecule has 2 N–H and O–H groups in total. The maximum atomic E-state index is 7.36. The minimum absolute atomic E-state index is 0.165. The molecule has 0 amide bonds. The maximum Gasteiger partial charge on any atom is 0.207 e. The van der Waals surface area contributed by atoms with Crippen molar-refractivity contribution in [3.05, 3.63) is 42.1 Å². The van der Waals surface area contributed by atoms with Crippen molar-refractivity contribution in [3.63, 3.8) is 0 Å². The third kappa shape index (κ3) is 3.85. The van der Waals surface area contributed by atoms with E-state index in [4.69, 9.17) is 10.1 Å². The Hall–Kier alpha value is -1.77. The SMILES string of the molecule is CCOC(=N)/C=C\Nc1ccccc1C. The van der Waals surface area contributed by atoms with Crippen molar-refractivity contribution in [2.75, 3.05) is 11.9 Å². The number of para-hydroxylation sites is 1. The number of benzene rings is 1. The highest BCUT2D eigenvalue weighted by Crippen LogP contribution is 2.12. The lowest BCUT2D eigenvalue weighted by atomic mass is 10.2. The molecule has 0 saturated carbocycles. The summed E-state index contributed by atoms with van der Waals surface area (Å²) in [7, 11) is 0. The molecule has 0 heterocycles. The highest BCUT2D eigenvalue weighted by atomic mass is 16.5. The van der Waals surface area contributed by atoms with E-state index < -0.39 is 0 Å². The first kappa shape index (κ1) is 11.3. The maximum absolute atomic E-state index is 7.36. The molecule has 0 spiro atoms. The van der Waals surface area contributed by atoms with E-state index in [0.29, 0.717) is 6.61 Å². The van der Waals surface area contributed by atoms with Gasteiger partial charge in [-0.2, -0.15) is 0 Å². The zero-order chi connectivity index (χ0) is 11.1. The number of ether oxygens (including phenoxy) is 1. The van der Waals surface area contributed by atoms with E-state index in [1.165, 1.54) is 5.56 Å². The number of hydrogen-bond acceptors (Lipinski definition) is 3. The lowest BCUT2D eigenvalue weighted by Crippen LogP contribution is -1.99. The molecule has 0 aliphatic heterocycles. The van der Waals surface area contributed by atoms with E-state index >= 15 is 0 Å². The molecule has 0 radical (unpaired) electrons. The van der Waals surface area contributed by atoms with Gasteiger partial charge in [0.05, 0.1) is 6.61 Å². The monoisotopic (exact) mass is 204 g/mol. The second-order valence-electron chi connectivity index (χ2n) is 3.09. The molecule has 0 unspecified atom stereocenters. The van der Waals surface area contributed by atoms with Crippen molar-refractivity contribution in [1.29, 1.82) is 5.41 Å². The van der Waals surface area contributed by atoms with E-state index in [-0.39, 0.29) is 5.90 Å². The molecule has 15 heavy (non-hydrogen) atoms. The van der Waals surface area contributed by atoms with E-state index in [1.54, 1.807) is 12.3 Å². The summed E-state index contributed by atoms with van der Waals surface area (Å²) >= 11 is 0. The van der Waals surface area contributed by atoms with Crippen molar-refractivity contribution < 1.29 is 4.74 Å². The second-order valence-corrected chi connectivity index (χ2v) is 3.09. The molecule has 0 fully saturated rings. The van der Waals surface area contributed by atoms with Crippen LogP contribution in [0.1, 0.15) is 12.5 Å². The average molecular weight is 204 g/mol. The van der Waals surface area contributed by atoms with Crippen LogP contribution in [0.15, 0.2) is 36.5 Å². The van der Waals surface area contributed by atoms with E-state index in [0.717, 1.165) is 5.69 Å². The predicted octanol–water partition coefficient (Wildman–Crippen LogP) is 2.93. The minimum Gasteiger partial charge on any atom is -0.478 e. The smallest absolute Gasteiger partial charge is 0.207 e. The lowest BCUT2D eigenvalue weighted by Gasteiger charge is -2.04. The van der Waals surface area contributed by atoms with Gasteiger partial charge in [0.15, 0.2) is 0 Å². The van der Waals surface area contributed by atoms with Crippen LogP contribution >= 0.6 is 0 Å². The molecule has 0 bridgehead atoms. The molecule has 1 aromatic carbocycles. The van der Waals surface area contributed by atoms with E-state index in [9.17, 15) is 0 Å². The first-order valence-corrected chi connectivity index (χ1v) is 4.94. The summed E-state index contributed by atoms with van der Waals surface area (Å²) in [4.78, 5) is 0. The molecular weight excluding hydrogens is 188 g/mol. The Kier molecular flexibility index (Phi) is 4.41. The standard InChI is InChI=1S/C12H16N2O/c1-3-15-12(13)8-9-14-11-7-5-4-6-10(11)2/h4-9,13-14H,3H2,1-2H3/b9-8-,13-12?. The number of anilines is 1. The van der Waals surface area contributed by atoms with Gasteiger partial charge >= 0.3 is 0 Å². The summed E-state index contributed by atoms with van der Waals surface area (Å²) in [6.45, 7) is 4.41. The van der Waals surface area contributed by atoms with Crippen molar-refractivity contribution in [2.24, 2.45) is 0 Å². The van der Waals surface area contributed by atoms with Crippen LogP contribution in [0.3, 0.4) is 0 Å². The van der Waals surface area contributed by atoms with Crippen molar-refractivity contribution in [1.82, 2.24) is 0 Å². The van der Waals surface area contributed by atoms with E-state index in [1.807, 2.05) is 38.1 Å². The Morgan fingerprint density at radius 1 is 1.47 bits per heavy atom. The van der Waals surface area contributed by atoms with Gasteiger partial charge in [-0.3, -0.25) is 5.41 Å².